The van der Waals surface area contributed by atoms with Crippen LogP contribution < -0.4 is 5.32 Å². The Morgan fingerprint density at radius 2 is 1.93 bits per heavy atom. The standard InChI is InChI=1S/C23H27N5/c1-13(2)20-18-12-16(15-6-9-24-10-7-15)4-5-19(18)26-22(20)17-8-11-25-23-21(17)14(3)27-28-23/h4-5,8,11-13,15,24,26H,6-7,9-10H2,1-3H3,(H,25,27,28). The van der Waals surface area contributed by atoms with E-state index in [4.69, 9.17) is 0 Å². The van der Waals surface area contributed by atoms with Gasteiger partial charge in [0.1, 0.15) is 0 Å². The molecule has 5 heteroatoms. The van der Waals surface area contributed by atoms with Gasteiger partial charge in [-0.05, 0) is 74.0 Å². The number of aryl methyl sites for hydroxylation is 1. The van der Waals surface area contributed by atoms with Crippen LogP contribution in [0.25, 0.3) is 33.2 Å². The maximum absolute atomic E-state index is 4.45. The zero-order valence-electron chi connectivity index (χ0n) is 16.8. The third kappa shape index (κ3) is 2.73. The van der Waals surface area contributed by atoms with Crippen LogP contribution in [0.3, 0.4) is 0 Å². The van der Waals surface area contributed by atoms with Gasteiger partial charge < -0.3 is 10.3 Å². The van der Waals surface area contributed by atoms with Crippen molar-refractivity contribution in [2.75, 3.05) is 13.1 Å². The van der Waals surface area contributed by atoms with Crippen molar-refractivity contribution >= 4 is 21.9 Å². The molecule has 3 aromatic heterocycles. The number of piperidine rings is 1. The molecule has 5 nitrogen and oxygen atoms in total. The van der Waals surface area contributed by atoms with E-state index in [1.54, 1.807) is 0 Å². The number of fused-ring (bicyclic) bond motifs is 2. The Bertz CT molecular complexity index is 1140. The lowest BCUT2D eigenvalue weighted by Crippen LogP contribution is -2.26. The smallest absolute Gasteiger partial charge is 0.156 e. The van der Waals surface area contributed by atoms with E-state index in [1.165, 1.54) is 46.1 Å². The van der Waals surface area contributed by atoms with Gasteiger partial charge in [0.2, 0.25) is 0 Å². The van der Waals surface area contributed by atoms with Crippen LogP contribution in [0, 0.1) is 6.92 Å². The van der Waals surface area contributed by atoms with Crippen molar-refractivity contribution < 1.29 is 0 Å². The highest BCUT2D eigenvalue weighted by Gasteiger charge is 2.21. The minimum atomic E-state index is 0.419. The maximum Gasteiger partial charge on any atom is 0.156 e. The predicted octanol–water partition coefficient (Wildman–Crippen LogP) is 5.01. The molecule has 4 aromatic rings. The van der Waals surface area contributed by atoms with E-state index in [0.717, 1.165) is 29.8 Å². The normalized spacial score (nSPS) is 15.9. The molecule has 1 aliphatic heterocycles. The lowest BCUT2D eigenvalue weighted by molar-refractivity contribution is 0.460. The molecule has 0 unspecified atom stereocenters. The molecule has 0 amide bonds. The first kappa shape index (κ1) is 17.4. The SMILES string of the molecule is Cc1n[nH]c2nccc(-c3[nH]c4ccc(C5CCNCC5)cc4c3C(C)C)c12. The van der Waals surface area contributed by atoms with Crippen molar-refractivity contribution in [1.29, 1.82) is 0 Å². The minimum Gasteiger partial charge on any atom is -0.354 e. The molecule has 5 rings (SSSR count). The average molecular weight is 374 g/mol. The van der Waals surface area contributed by atoms with Crippen molar-refractivity contribution in [3.8, 4) is 11.3 Å². The lowest BCUT2D eigenvalue weighted by Gasteiger charge is -2.23. The summed E-state index contributed by atoms with van der Waals surface area (Å²) in [5.74, 6) is 1.08. The van der Waals surface area contributed by atoms with Crippen molar-refractivity contribution in [3.63, 3.8) is 0 Å². The molecule has 1 aromatic carbocycles. The maximum atomic E-state index is 4.45. The average Bonchev–Trinajstić information content (AvgIpc) is 3.29. The Morgan fingerprint density at radius 1 is 1.11 bits per heavy atom. The summed E-state index contributed by atoms with van der Waals surface area (Å²) in [5.41, 5.74) is 8.28. The zero-order chi connectivity index (χ0) is 19.3. The topological polar surface area (TPSA) is 69.4 Å². The van der Waals surface area contributed by atoms with Gasteiger partial charge in [-0.3, -0.25) is 5.10 Å². The third-order valence-electron chi connectivity index (χ3n) is 6.16. The Morgan fingerprint density at radius 3 is 2.71 bits per heavy atom. The molecule has 0 aliphatic carbocycles. The molecule has 4 heterocycles. The summed E-state index contributed by atoms with van der Waals surface area (Å²) in [5, 5.41) is 13.4. The van der Waals surface area contributed by atoms with Gasteiger partial charge >= 0.3 is 0 Å². The first-order chi connectivity index (χ1) is 13.6. The van der Waals surface area contributed by atoms with Crippen molar-refractivity contribution in [2.45, 2.75) is 45.4 Å². The van der Waals surface area contributed by atoms with E-state index in [9.17, 15) is 0 Å². The molecule has 1 saturated heterocycles. The summed E-state index contributed by atoms with van der Waals surface area (Å²) in [6.07, 6.45) is 4.31. The van der Waals surface area contributed by atoms with Gasteiger partial charge in [-0.25, -0.2) is 4.98 Å². The van der Waals surface area contributed by atoms with Gasteiger partial charge in [0.25, 0.3) is 0 Å². The molecular formula is C23H27N5. The van der Waals surface area contributed by atoms with Gasteiger partial charge in [0.15, 0.2) is 5.65 Å². The largest absolute Gasteiger partial charge is 0.354 e. The minimum absolute atomic E-state index is 0.419. The molecule has 28 heavy (non-hydrogen) atoms. The van der Waals surface area contributed by atoms with Crippen LogP contribution in [-0.4, -0.2) is 33.3 Å². The second-order valence-electron chi connectivity index (χ2n) is 8.29. The number of H-pyrrole nitrogens is 2. The number of benzene rings is 1. The van der Waals surface area contributed by atoms with Crippen LogP contribution in [0.5, 0.6) is 0 Å². The number of hydrogen-bond acceptors (Lipinski definition) is 3. The molecule has 0 radical (unpaired) electrons. The van der Waals surface area contributed by atoms with Crippen LogP contribution in [0.1, 0.15) is 55.3 Å². The Labute approximate surface area is 165 Å². The monoisotopic (exact) mass is 373 g/mol. The highest BCUT2D eigenvalue weighted by Crippen LogP contribution is 2.40. The number of hydrogen-bond donors (Lipinski definition) is 3. The summed E-state index contributed by atoms with van der Waals surface area (Å²) in [4.78, 5) is 8.17. The van der Waals surface area contributed by atoms with Crippen molar-refractivity contribution in [3.05, 3.63) is 47.3 Å². The van der Waals surface area contributed by atoms with E-state index in [2.05, 4.69) is 63.6 Å². The van der Waals surface area contributed by atoms with Gasteiger partial charge in [0.05, 0.1) is 16.8 Å². The van der Waals surface area contributed by atoms with Gasteiger partial charge in [0, 0.05) is 22.7 Å². The Hall–Kier alpha value is -2.66. The molecule has 0 saturated carbocycles. The number of rotatable bonds is 3. The molecule has 0 atom stereocenters. The fourth-order valence-corrected chi connectivity index (χ4v) is 4.77. The quantitative estimate of drug-likeness (QED) is 0.473. The second-order valence-corrected chi connectivity index (χ2v) is 8.29. The van der Waals surface area contributed by atoms with E-state index in [1.807, 2.05) is 13.1 Å². The van der Waals surface area contributed by atoms with Crippen molar-refractivity contribution in [1.82, 2.24) is 25.5 Å². The van der Waals surface area contributed by atoms with Gasteiger partial charge in [-0.15, -0.1) is 0 Å². The van der Waals surface area contributed by atoms with E-state index < -0.39 is 0 Å². The fourth-order valence-electron chi connectivity index (χ4n) is 4.77. The van der Waals surface area contributed by atoms with Gasteiger partial charge in [-0.2, -0.15) is 5.10 Å². The van der Waals surface area contributed by atoms with Crippen LogP contribution >= 0.6 is 0 Å². The third-order valence-corrected chi connectivity index (χ3v) is 6.16. The van der Waals surface area contributed by atoms with Crippen molar-refractivity contribution in [2.24, 2.45) is 0 Å². The summed E-state index contributed by atoms with van der Waals surface area (Å²) >= 11 is 0. The number of nitrogens with zero attached hydrogens (tertiary/aromatic N) is 2. The highest BCUT2D eigenvalue weighted by molar-refractivity contribution is 5.99. The van der Waals surface area contributed by atoms with Gasteiger partial charge in [-0.1, -0.05) is 19.9 Å². The molecule has 144 valence electrons. The summed E-state index contributed by atoms with van der Waals surface area (Å²) < 4.78 is 0. The van der Waals surface area contributed by atoms with Crippen LogP contribution in [0.15, 0.2) is 30.5 Å². The fraction of sp³-hybridized carbons (Fsp3) is 0.391. The molecule has 1 aliphatic rings. The van der Waals surface area contributed by atoms with Crippen LogP contribution in [-0.2, 0) is 0 Å². The second kappa shape index (κ2) is 6.74. The first-order valence-electron chi connectivity index (χ1n) is 10.3. The number of pyridine rings is 1. The molecule has 0 spiro atoms. The summed E-state index contributed by atoms with van der Waals surface area (Å²) in [7, 11) is 0. The van der Waals surface area contributed by atoms with Crippen LogP contribution in [0.2, 0.25) is 0 Å². The number of nitrogens with one attached hydrogen (secondary N) is 3. The summed E-state index contributed by atoms with van der Waals surface area (Å²) in [6, 6.07) is 9.12. The lowest BCUT2D eigenvalue weighted by atomic mass is 9.88. The van der Waals surface area contributed by atoms with E-state index in [-0.39, 0.29) is 0 Å². The molecule has 3 N–H and O–H groups in total. The summed E-state index contributed by atoms with van der Waals surface area (Å²) in [6.45, 7) is 8.84. The Balaban J connectivity index is 1.73. The first-order valence-corrected chi connectivity index (χ1v) is 10.3. The zero-order valence-corrected chi connectivity index (χ0v) is 16.8. The van der Waals surface area contributed by atoms with Crippen LogP contribution in [0.4, 0.5) is 0 Å². The van der Waals surface area contributed by atoms with E-state index in [0.29, 0.717) is 11.8 Å². The molecule has 1 fully saturated rings. The predicted molar refractivity (Wildman–Crippen MR) is 115 cm³/mol. The highest BCUT2D eigenvalue weighted by atomic mass is 15.1. The number of aromatic amines is 2. The van der Waals surface area contributed by atoms with E-state index >= 15 is 0 Å². The molecule has 0 bridgehead atoms. The molecular weight excluding hydrogens is 346 g/mol. The number of aromatic nitrogens is 4. The Kier molecular flexibility index (Phi) is 4.20.